The maximum atomic E-state index is 15.0. The highest BCUT2D eigenvalue weighted by molar-refractivity contribution is 9.10. The number of carbonyl (C=O) groups is 2. The lowest BCUT2D eigenvalue weighted by molar-refractivity contribution is -0.137. The Morgan fingerprint density at radius 1 is 1.20 bits per heavy atom. The van der Waals surface area contributed by atoms with Crippen LogP contribution >= 0.6 is 15.9 Å². The van der Waals surface area contributed by atoms with Gasteiger partial charge in [0, 0.05) is 25.0 Å². The molecular formula is C25H19BrF5N5O5. The number of halogens is 6. The lowest BCUT2D eigenvalue weighted by atomic mass is 10.1. The molecule has 0 aliphatic heterocycles. The molecule has 0 aliphatic rings. The molecule has 1 atom stereocenters. The molecule has 41 heavy (non-hydrogen) atoms. The number of amides is 2. The van der Waals surface area contributed by atoms with Crippen LogP contribution in [0.15, 0.2) is 57.9 Å². The van der Waals surface area contributed by atoms with E-state index in [4.69, 9.17) is 14.9 Å². The number of rotatable bonds is 9. The first-order valence-electron chi connectivity index (χ1n) is 11.5. The van der Waals surface area contributed by atoms with Crippen molar-refractivity contribution in [3.63, 3.8) is 0 Å². The maximum absolute atomic E-state index is 15.0. The molecule has 0 spiro atoms. The molecule has 2 amide bonds. The molecule has 0 radical (unpaired) electrons. The molecule has 10 nitrogen and oxygen atoms in total. The minimum Gasteiger partial charge on any atom is -0.476 e. The summed E-state index contributed by atoms with van der Waals surface area (Å²) in [6, 6.07) is 5.56. The second-order valence-corrected chi connectivity index (χ2v) is 9.29. The van der Waals surface area contributed by atoms with Gasteiger partial charge in [-0.1, -0.05) is 12.1 Å². The molecule has 4 rings (SSSR count). The van der Waals surface area contributed by atoms with Crippen molar-refractivity contribution >= 4 is 27.9 Å². The van der Waals surface area contributed by atoms with Gasteiger partial charge in [-0.3, -0.25) is 9.69 Å². The van der Waals surface area contributed by atoms with E-state index in [0.29, 0.717) is 5.82 Å². The van der Waals surface area contributed by atoms with E-state index in [2.05, 4.69) is 25.9 Å². The fourth-order valence-corrected chi connectivity index (χ4v) is 4.23. The molecule has 0 aliphatic carbocycles. The van der Waals surface area contributed by atoms with Crippen molar-refractivity contribution in [2.75, 3.05) is 6.54 Å². The number of nitrogens with zero attached hydrogens (tertiary/aromatic N) is 4. The van der Waals surface area contributed by atoms with Crippen LogP contribution in [-0.4, -0.2) is 43.1 Å². The maximum Gasteiger partial charge on any atom is 0.416 e. The summed E-state index contributed by atoms with van der Waals surface area (Å²) in [4.78, 5) is 32.9. The fraction of sp³-hybridized carbons (Fsp3) is 0.200. The van der Waals surface area contributed by atoms with Crippen LogP contribution in [0.25, 0.3) is 11.3 Å². The van der Waals surface area contributed by atoms with E-state index in [0.717, 1.165) is 41.3 Å². The highest BCUT2D eigenvalue weighted by Gasteiger charge is 2.32. The van der Waals surface area contributed by atoms with Crippen LogP contribution < -0.4 is 10.5 Å². The van der Waals surface area contributed by atoms with Gasteiger partial charge in [-0.05, 0) is 40.2 Å². The predicted octanol–water partition coefficient (Wildman–Crippen LogP) is 5.53. The van der Waals surface area contributed by atoms with Gasteiger partial charge in [0.15, 0.2) is 22.3 Å². The molecule has 2 aromatic heterocycles. The third-order valence-corrected chi connectivity index (χ3v) is 6.38. The van der Waals surface area contributed by atoms with Crippen LogP contribution in [-0.2, 0) is 19.8 Å². The van der Waals surface area contributed by atoms with Crippen molar-refractivity contribution in [1.82, 2.24) is 19.4 Å². The standard InChI is InChI=1S/C25H19BrF5N5O5/c1-35-9-8-33-17(35)11-36(24(38)39)10-16(40-15-7-6-14(27)18(19(15)28)22(32)37)23-34-20(21(26)41-23)12-2-4-13(5-3-12)25(29,30)31/h2-9,16H,10-11H2,1H3,(H2,32,37)(H,38,39). The van der Waals surface area contributed by atoms with Gasteiger partial charge in [-0.25, -0.2) is 23.5 Å². The molecule has 216 valence electrons. The van der Waals surface area contributed by atoms with Crippen LogP contribution in [0.2, 0.25) is 0 Å². The molecule has 2 aromatic carbocycles. The summed E-state index contributed by atoms with van der Waals surface area (Å²) in [5.41, 5.74) is 3.34. The van der Waals surface area contributed by atoms with E-state index < -0.39 is 59.3 Å². The highest BCUT2D eigenvalue weighted by Crippen LogP contribution is 2.36. The smallest absolute Gasteiger partial charge is 0.416 e. The molecule has 0 fully saturated rings. The summed E-state index contributed by atoms with van der Waals surface area (Å²) in [5, 5.41) is 9.86. The van der Waals surface area contributed by atoms with Gasteiger partial charge in [0.05, 0.1) is 18.7 Å². The zero-order valence-electron chi connectivity index (χ0n) is 20.8. The normalized spacial score (nSPS) is 12.3. The molecule has 2 heterocycles. The lowest BCUT2D eigenvalue weighted by Crippen LogP contribution is -2.35. The number of hydrogen-bond acceptors (Lipinski definition) is 6. The Labute approximate surface area is 236 Å². The number of carboxylic acid groups (broad SMARTS) is 1. The van der Waals surface area contributed by atoms with E-state index in [1.54, 1.807) is 17.8 Å². The van der Waals surface area contributed by atoms with Crippen LogP contribution in [0, 0.1) is 11.6 Å². The Hall–Kier alpha value is -4.47. The SMILES string of the molecule is Cn1ccnc1CN(CC(Oc1ccc(F)c(C(N)=O)c1F)c1nc(-c2ccc(C(F)(F)F)cc2)c(Br)o1)C(=O)O. The number of nitrogens with two attached hydrogens (primary N) is 1. The summed E-state index contributed by atoms with van der Waals surface area (Å²) in [7, 11) is 1.64. The van der Waals surface area contributed by atoms with E-state index >= 15 is 4.39 Å². The van der Waals surface area contributed by atoms with Crippen molar-refractivity contribution in [1.29, 1.82) is 0 Å². The largest absolute Gasteiger partial charge is 0.476 e. The molecule has 3 N–H and O–H groups in total. The third-order valence-electron chi connectivity index (χ3n) is 5.84. The second-order valence-electron chi connectivity index (χ2n) is 8.57. The number of ether oxygens (including phenoxy) is 1. The fourth-order valence-electron chi connectivity index (χ4n) is 3.75. The van der Waals surface area contributed by atoms with Crippen molar-refractivity contribution < 1.29 is 45.8 Å². The Balaban J connectivity index is 1.74. The van der Waals surface area contributed by atoms with Crippen LogP contribution in [0.1, 0.15) is 33.7 Å². The first-order valence-corrected chi connectivity index (χ1v) is 12.3. The van der Waals surface area contributed by atoms with Crippen molar-refractivity contribution in [3.8, 4) is 17.0 Å². The Bertz CT molecular complexity index is 1590. The number of oxazole rings is 1. The van der Waals surface area contributed by atoms with E-state index in [-0.39, 0.29) is 28.4 Å². The van der Waals surface area contributed by atoms with Gasteiger partial charge in [0.25, 0.3) is 5.91 Å². The van der Waals surface area contributed by atoms with E-state index in [1.165, 1.54) is 6.20 Å². The van der Waals surface area contributed by atoms with Gasteiger partial charge >= 0.3 is 12.3 Å². The average molecular weight is 644 g/mol. The van der Waals surface area contributed by atoms with Gasteiger partial charge < -0.3 is 24.6 Å². The number of alkyl halides is 3. The molecular weight excluding hydrogens is 625 g/mol. The number of carbonyl (C=O) groups excluding carboxylic acids is 1. The minimum atomic E-state index is -4.57. The molecule has 0 saturated carbocycles. The van der Waals surface area contributed by atoms with Crippen molar-refractivity contribution in [2.24, 2.45) is 12.8 Å². The molecule has 1 unspecified atom stereocenters. The van der Waals surface area contributed by atoms with Crippen LogP contribution in [0.4, 0.5) is 26.7 Å². The van der Waals surface area contributed by atoms with Gasteiger partial charge in [0.2, 0.25) is 5.89 Å². The summed E-state index contributed by atoms with van der Waals surface area (Å²) >= 11 is 3.14. The number of benzene rings is 2. The third kappa shape index (κ3) is 6.48. The van der Waals surface area contributed by atoms with Gasteiger partial charge in [-0.15, -0.1) is 0 Å². The van der Waals surface area contributed by atoms with Gasteiger partial charge in [-0.2, -0.15) is 13.2 Å². The first-order chi connectivity index (χ1) is 19.3. The van der Waals surface area contributed by atoms with E-state index in [1.807, 2.05) is 0 Å². The predicted molar refractivity (Wildman–Crippen MR) is 135 cm³/mol. The number of aromatic nitrogens is 3. The monoisotopic (exact) mass is 643 g/mol. The number of primary amides is 1. The summed E-state index contributed by atoms with van der Waals surface area (Å²) in [6.07, 6.45) is -4.46. The molecule has 0 saturated heterocycles. The van der Waals surface area contributed by atoms with E-state index in [9.17, 15) is 32.3 Å². The summed E-state index contributed by atoms with van der Waals surface area (Å²) in [5.74, 6) is -4.74. The quantitative estimate of drug-likeness (QED) is 0.229. The average Bonchev–Trinajstić information content (AvgIpc) is 3.48. The molecule has 4 aromatic rings. The van der Waals surface area contributed by atoms with Crippen molar-refractivity contribution in [2.45, 2.75) is 18.8 Å². The number of aryl methyl sites for hydroxylation is 1. The minimum absolute atomic E-state index is 0.0331. The van der Waals surface area contributed by atoms with Crippen LogP contribution in [0.5, 0.6) is 5.75 Å². The van der Waals surface area contributed by atoms with Gasteiger partial charge in [0.1, 0.15) is 22.9 Å². The summed E-state index contributed by atoms with van der Waals surface area (Å²) < 4.78 is 80.9. The topological polar surface area (TPSA) is 137 Å². The second kappa shape index (κ2) is 11.6. The molecule has 0 bridgehead atoms. The number of hydrogen-bond donors (Lipinski definition) is 2. The Morgan fingerprint density at radius 2 is 1.88 bits per heavy atom. The zero-order chi connectivity index (χ0) is 30.1. The highest BCUT2D eigenvalue weighted by atomic mass is 79.9. The Kier molecular flexibility index (Phi) is 8.32. The summed E-state index contributed by atoms with van der Waals surface area (Å²) in [6.45, 7) is -0.783. The first kappa shape index (κ1) is 29.5. The molecule has 16 heteroatoms. The lowest BCUT2D eigenvalue weighted by Gasteiger charge is -2.24. The Morgan fingerprint density at radius 3 is 2.44 bits per heavy atom. The zero-order valence-corrected chi connectivity index (χ0v) is 22.4. The number of imidazole rings is 1. The van der Waals surface area contributed by atoms with Crippen molar-refractivity contribution in [3.05, 3.63) is 87.9 Å². The van der Waals surface area contributed by atoms with Crippen LogP contribution in [0.3, 0.4) is 0 Å².